The number of halogens is 3. The molecule has 0 aliphatic rings. The van der Waals surface area contributed by atoms with E-state index in [4.69, 9.17) is 0 Å². The molecule has 6 heteroatoms. The van der Waals surface area contributed by atoms with Crippen LogP contribution in [0, 0.1) is 0 Å². The predicted octanol–water partition coefficient (Wildman–Crippen LogP) is 2.48. The van der Waals surface area contributed by atoms with Crippen LogP contribution in [-0.2, 0) is 0 Å². The zero-order valence-corrected chi connectivity index (χ0v) is 8.45. The topological polar surface area (TPSA) is 42.0 Å². The summed E-state index contributed by atoms with van der Waals surface area (Å²) in [5, 5.41) is 1.56. The van der Waals surface area contributed by atoms with Gasteiger partial charge in [0.05, 0.1) is 11.1 Å². The molecule has 0 radical (unpaired) electrons. The summed E-state index contributed by atoms with van der Waals surface area (Å²) in [6.45, 7) is 0. The standard InChI is InChI=1S/C11H7F3N2O/c12-11(13,14)16-10(17)8-5-1-3-7-4-2-6-15-9(7)8/h1-6H,(H,16,17). The Hall–Kier alpha value is -2.11. The highest BCUT2D eigenvalue weighted by Gasteiger charge is 2.31. The second-order valence-corrected chi connectivity index (χ2v) is 3.33. The Morgan fingerprint density at radius 2 is 1.88 bits per heavy atom. The van der Waals surface area contributed by atoms with E-state index in [1.165, 1.54) is 18.3 Å². The van der Waals surface area contributed by atoms with Gasteiger partial charge in [-0.3, -0.25) is 15.1 Å². The molecule has 0 spiro atoms. The van der Waals surface area contributed by atoms with E-state index in [1.54, 1.807) is 18.2 Å². The quantitative estimate of drug-likeness (QED) is 0.778. The summed E-state index contributed by atoms with van der Waals surface area (Å²) in [4.78, 5) is 15.3. The average Bonchev–Trinajstić information content (AvgIpc) is 2.26. The molecule has 1 amide bonds. The van der Waals surface area contributed by atoms with Crippen LogP contribution in [0.25, 0.3) is 10.9 Å². The minimum absolute atomic E-state index is 0.0968. The summed E-state index contributed by atoms with van der Waals surface area (Å²) in [7, 11) is 0. The van der Waals surface area contributed by atoms with Crippen molar-refractivity contribution in [1.82, 2.24) is 10.3 Å². The van der Waals surface area contributed by atoms with E-state index >= 15 is 0 Å². The monoisotopic (exact) mass is 240 g/mol. The highest BCUT2D eigenvalue weighted by molar-refractivity contribution is 6.05. The molecular weight excluding hydrogens is 233 g/mol. The predicted molar refractivity (Wildman–Crippen MR) is 55.3 cm³/mol. The lowest BCUT2D eigenvalue weighted by molar-refractivity contribution is -0.146. The van der Waals surface area contributed by atoms with Gasteiger partial charge in [-0.05, 0) is 12.1 Å². The second-order valence-electron chi connectivity index (χ2n) is 3.33. The van der Waals surface area contributed by atoms with Crippen LogP contribution in [0.5, 0.6) is 0 Å². The van der Waals surface area contributed by atoms with Crippen LogP contribution in [0.1, 0.15) is 10.4 Å². The number of hydrogen-bond acceptors (Lipinski definition) is 2. The zero-order chi connectivity index (χ0) is 12.5. The molecule has 1 heterocycles. The van der Waals surface area contributed by atoms with E-state index in [-0.39, 0.29) is 11.1 Å². The SMILES string of the molecule is O=C(NC(F)(F)F)c1cccc2cccnc12. The molecule has 0 unspecified atom stereocenters. The van der Waals surface area contributed by atoms with Crippen LogP contribution in [0.2, 0.25) is 0 Å². The molecule has 0 fully saturated rings. The number of amides is 1. The molecule has 1 N–H and O–H groups in total. The summed E-state index contributed by atoms with van der Waals surface area (Å²) < 4.78 is 36.1. The Balaban J connectivity index is 2.45. The van der Waals surface area contributed by atoms with Gasteiger partial charge in [0, 0.05) is 11.6 Å². The van der Waals surface area contributed by atoms with Gasteiger partial charge in [0.1, 0.15) is 0 Å². The summed E-state index contributed by atoms with van der Waals surface area (Å²) in [6.07, 6.45) is -3.32. The molecule has 3 nitrogen and oxygen atoms in total. The molecule has 0 saturated heterocycles. The third kappa shape index (κ3) is 2.52. The smallest absolute Gasteiger partial charge is 0.269 e. The van der Waals surface area contributed by atoms with Crippen LogP contribution in [0.15, 0.2) is 36.5 Å². The number of para-hydroxylation sites is 1. The first-order valence-electron chi connectivity index (χ1n) is 4.70. The molecule has 1 aromatic carbocycles. The van der Waals surface area contributed by atoms with Crippen LogP contribution >= 0.6 is 0 Å². The zero-order valence-electron chi connectivity index (χ0n) is 8.45. The van der Waals surface area contributed by atoms with E-state index < -0.39 is 12.2 Å². The molecule has 1 aromatic heterocycles. The highest BCUT2D eigenvalue weighted by atomic mass is 19.4. The first-order valence-corrected chi connectivity index (χ1v) is 4.70. The third-order valence-corrected chi connectivity index (χ3v) is 2.13. The van der Waals surface area contributed by atoms with Crippen LogP contribution in [-0.4, -0.2) is 17.2 Å². The largest absolute Gasteiger partial charge is 0.484 e. The van der Waals surface area contributed by atoms with Crippen LogP contribution in [0.3, 0.4) is 0 Å². The van der Waals surface area contributed by atoms with Gasteiger partial charge in [-0.25, -0.2) is 0 Å². The fourth-order valence-electron chi connectivity index (χ4n) is 1.48. The maximum absolute atomic E-state index is 12.0. The maximum atomic E-state index is 12.0. The Labute approximate surface area is 94.3 Å². The van der Waals surface area contributed by atoms with Gasteiger partial charge in [0.15, 0.2) is 0 Å². The van der Waals surface area contributed by atoms with Crippen LogP contribution < -0.4 is 5.32 Å². The third-order valence-electron chi connectivity index (χ3n) is 2.13. The number of fused-ring (bicyclic) bond motifs is 1. The number of nitrogens with one attached hydrogen (secondary N) is 1. The number of carbonyl (C=O) groups excluding carboxylic acids is 1. The summed E-state index contributed by atoms with van der Waals surface area (Å²) >= 11 is 0. The molecule has 0 aliphatic carbocycles. The lowest BCUT2D eigenvalue weighted by Crippen LogP contribution is -2.37. The minimum Gasteiger partial charge on any atom is -0.269 e. The van der Waals surface area contributed by atoms with Crippen molar-refractivity contribution >= 4 is 16.8 Å². The van der Waals surface area contributed by atoms with Gasteiger partial charge < -0.3 is 0 Å². The van der Waals surface area contributed by atoms with Gasteiger partial charge in [-0.15, -0.1) is 0 Å². The fraction of sp³-hybridized carbons (Fsp3) is 0.0909. The number of nitrogens with zero attached hydrogens (tertiary/aromatic N) is 1. The molecule has 2 rings (SSSR count). The van der Waals surface area contributed by atoms with E-state index in [1.807, 2.05) is 0 Å². The summed E-state index contributed by atoms with van der Waals surface area (Å²) in [6, 6.07) is 7.80. The lowest BCUT2D eigenvalue weighted by Gasteiger charge is -2.09. The Morgan fingerprint density at radius 3 is 2.59 bits per heavy atom. The van der Waals surface area contributed by atoms with Gasteiger partial charge in [0.2, 0.25) is 0 Å². The highest BCUT2D eigenvalue weighted by Crippen LogP contribution is 2.18. The van der Waals surface area contributed by atoms with Crippen molar-refractivity contribution in [2.75, 3.05) is 0 Å². The Kier molecular flexibility index (Phi) is 2.71. The van der Waals surface area contributed by atoms with Crippen molar-refractivity contribution in [3.8, 4) is 0 Å². The van der Waals surface area contributed by atoms with Gasteiger partial charge >= 0.3 is 6.30 Å². The first kappa shape index (κ1) is 11.4. The number of rotatable bonds is 1. The van der Waals surface area contributed by atoms with E-state index in [0.29, 0.717) is 5.39 Å². The lowest BCUT2D eigenvalue weighted by atomic mass is 10.1. The molecule has 0 aliphatic heterocycles. The maximum Gasteiger partial charge on any atom is 0.484 e. The van der Waals surface area contributed by atoms with Gasteiger partial charge in [-0.1, -0.05) is 18.2 Å². The van der Waals surface area contributed by atoms with Gasteiger partial charge in [-0.2, -0.15) is 13.2 Å². The van der Waals surface area contributed by atoms with Crippen molar-refractivity contribution in [3.05, 3.63) is 42.1 Å². The van der Waals surface area contributed by atoms with E-state index in [2.05, 4.69) is 4.98 Å². The molecule has 0 atom stereocenters. The van der Waals surface area contributed by atoms with Crippen molar-refractivity contribution in [2.24, 2.45) is 0 Å². The number of aromatic nitrogens is 1. The average molecular weight is 240 g/mol. The molecule has 17 heavy (non-hydrogen) atoms. The van der Waals surface area contributed by atoms with Crippen molar-refractivity contribution in [1.29, 1.82) is 0 Å². The Morgan fingerprint density at radius 1 is 1.18 bits per heavy atom. The first-order chi connectivity index (χ1) is 7.97. The number of hydrogen-bond donors (Lipinski definition) is 1. The number of pyridine rings is 1. The van der Waals surface area contributed by atoms with Crippen LogP contribution in [0.4, 0.5) is 13.2 Å². The molecule has 88 valence electrons. The second kappa shape index (κ2) is 4.04. The summed E-state index contributed by atoms with van der Waals surface area (Å²) in [5.41, 5.74) is 0.150. The van der Waals surface area contributed by atoms with Crippen molar-refractivity contribution < 1.29 is 18.0 Å². The van der Waals surface area contributed by atoms with Gasteiger partial charge in [0.25, 0.3) is 5.91 Å². The van der Waals surface area contributed by atoms with Crippen molar-refractivity contribution in [2.45, 2.75) is 6.30 Å². The number of carbonyl (C=O) groups is 1. The minimum atomic E-state index is -4.74. The van der Waals surface area contributed by atoms with Crippen molar-refractivity contribution in [3.63, 3.8) is 0 Å². The fourth-order valence-corrected chi connectivity index (χ4v) is 1.48. The Bertz CT molecular complexity index is 561. The molecular formula is C11H7F3N2O. The number of benzene rings is 1. The number of alkyl halides is 3. The molecule has 2 aromatic rings. The summed E-state index contributed by atoms with van der Waals surface area (Å²) in [5.74, 6) is -1.21. The van der Waals surface area contributed by atoms with E-state index in [0.717, 1.165) is 5.32 Å². The normalized spacial score (nSPS) is 11.5. The van der Waals surface area contributed by atoms with E-state index in [9.17, 15) is 18.0 Å². The molecule has 0 bridgehead atoms. The molecule has 0 saturated carbocycles.